The highest BCUT2D eigenvalue weighted by molar-refractivity contribution is 6.01. The summed E-state index contributed by atoms with van der Waals surface area (Å²) in [6, 6.07) is 11.8. The van der Waals surface area contributed by atoms with Gasteiger partial charge in [-0.2, -0.15) is 0 Å². The van der Waals surface area contributed by atoms with Gasteiger partial charge in [0.2, 0.25) is 23.6 Å². The van der Waals surface area contributed by atoms with Gasteiger partial charge in [0.15, 0.2) is 0 Å². The molecule has 0 saturated carbocycles. The Hall–Kier alpha value is -5.60. The summed E-state index contributed by atoms with van der Waals surface area (Å²) in [6.07, 6.45) is 0.980. The molecule has 6 amide bonds. The van der Waals surface area contributed by atoms with Crippen LogP contribution in [0.1, 0.15) is 94.9 Å². The van der Waals surface area contributed by atoms with E-state index in [-0.39, 0.29) is 35.5 Å². The van der Waals surface area contributed by atoms with Crippen LogP contribution in [0, 0.1) is 11.8 Å². The predicted octanol–water partition coefficient (Wildman–Crippen LogP) is 6.79. The lowest BCUT2D eigenvalue weighted by Gasteiger charge is -2.31. The monoisotopic (exact) mass is 815 g/mol. The van der Waals surface area contributed by atoms with Crippen LogP contribution in [0.2, 0.25) is 0 Å². The Morgan fingerprint density at radius 1 is 0.644 bits per heavy atom. The van der Waals surface area contributed by atoms with Crippen LogP contribution < -0.4 is 21.3 Å². The Kier molecular flexibility index (Phi) is 13.7. The number of hydrogen-bond acceptors (Lipinski definition) is 8. The molecule has 3 aromatic rings. The molecule has 1 unspecified atom stereocenters. The average Bonchev–Trinajstić information content (AvgIpc) is 3.91. The second-order valence-electron chi connectivity index (χ2n) is 18.2. The molecule has 15 heteroatoms. The minimum atomic E-state index is -0.842. The first-order valence-electron chi connectivity index (χ1n) is 20.5. The smallest absolute Gasteiger partial charge is 0.408 e. The first kappa shape index (κ1) is 44.5. The first-order chi connectivity index (χ1) is 27.6. The number of rotatable bonds is 11. The number of aromatic nitrogens is 1. The number of H-pyrrole nitrogens is 1. The lowest BCUT2D eigenvalue weighted by Crippen LogP contribution is -2.55. The molecular weight excluding hydrogens is 755 g/mol. The normalized spacial score (nSPS) is 18.1. The van der Waals surface area contributed by atoms with Gasteiger partial charge < -0.3 is 45.5 Å². The highest BCUT2D eigenvalue weighted by atomic mass is 16.6. The molecule has 5 N–H and O–H groups in total. The van der Waals surface area contributed by atoms with Gasteiger partial charge in [-0.3, -0.25) is 19.2 Å². The molecule has 4 atom stereocenters. The highest BCUT2D eigenvalue weighted by Gasteiger charge is 2.41. The van der Waals surface area contributed by atoms with Crippen LogP contribution in [0.4, 0.5) is 21.0 Å². The summed E-state index contributed by atoms with van der Waals surface area (Å²) < 4.78 is 10.8. The summed E-state index contributed by atoms with van der Waals surface area (Å²) in [5.41, 5.74) is 2.27. The van der Waals surface area contributed by atoms with E-state index in [0.29, 0.717) is 50.1 Å². The van der Waals surface area contributed by atoms with Gasteiger partial charge in [-0.05, 0) is 121 Å². The van der Waals surface area contributed by atoms with Gasteiger partial charge >= 0.3 is 12.2 Å². The molecule has 3 heterocycles. The molecule has 0 aliphatic carbocycles. The topological polar surface area (TPSA) is 191 Å². The van der Waals surface area contributed by atoms with E-state index in [0.717, 1.165) is 22.2 Å². The number of alkyl carbamates (subject to hydrolysis) is 2. The molecule has 59 heavy (non-hydrogen) atoms. The third-order valence-electron chi connectivity index (χ3n) is 10.2. The minimum Gasteiger partial charge on any atom is -0.444 e. The fraction of sp³-hybridized carbons (Fsp3) is 0.545. The maximum absolute atomic E-state index is 13.7. The molecule has 0 radical (unpaired) electrons. The number of anilines is 2. The third-order valence-corrected chi connectivity index (χ3v) is 10.2. The minimum absolute atomic E-state index is 0.220. The average molecular weight is 816 g/mol. The molecule has 2 aliphatic rings. The van der Waals surface area contributed by atoms with Crippen molar-refractivity contribution in [3.8, 4) is 11.3 Å². The summed E-state index contributed by atoms with van der Waals surface area (Å²) in [5, 5.41) is 12.2. The van der Waals surface area contributed by atoms with Crippen LogP contribution in [0.25, 0.3) is 22.2 Å². The number of benzene rings is 2. The molecule has 2 aromatic carbocycles. The van der Waals surface area contributed by atoms with Crippen molar-refractivity contribution in [3.63, 3.8) is 0 Å². The van der Waals surface area contributed by atoms with Gasteiger partial charge in [0.25, 0.3) is 0 Å². The summed E-state index contributed by atoms with van der Waals surface area (Å²) in [4.78, 5) is 85.9. The molecule has 1 aromatic heterocycles. The number of hydrogen-bond donors (Lipinski definition) is 5. The Bertz CT molecular complexity index is 2030. The molecule has 15 nitrogen and oxygen atoms in total. The van der Waals surface area contributed by atoms with E-state index in [1.54, 1.807) is 69.5 Å². The maximum atomic E-state index is 13.7. The van der Waals surface area contributed by atoms with Crippen molar-refractivity contribution in [2.24, 2.45) is 11.8 Å². The molecule has 2 saturated heterocycles. The van der Waals surface area contributed by atoms with Gasteiger partial charge in [-0.25, -0.2) is 9.59 Å². The van der Waals surface area contributed by atoms with E-state index in [1.807, 2.05) is 58.0 Å². The molecule has 0 spiro atoms. The molecule has 2 aliphatic heterocycles. The second kappa shape index (κ2) is 18.1. The molecule has 5 rings (SSSR count). The SMILES string of the molecule is CC(C)[C@H](NC(=O)OC(C)(C)C)C(=O)N1CCCC1C(=O)Nc1ccc2[nH]c(-c3ccc(NC(=O)[C@@H]4CCCN4C(=O)[C@H](NC(=O)OC(C)(C)C)C(C)C)cc3)cc2c1. The van der Waals surface area contributed by atoms with Crippen molar-refractivity contribution in [2.45, 2.75) is 130 Å². The standard InChI is InChI=1S/C44H61N7O8/c1-25(2)35(48-41(56)58-43(5,6)7)39(54)50-21-11-13-33(50)37(52)45-29-17-15-27(16-18-29)32-24-28-23-30(19-20-31(28)47-32)46-38(53)34-14-12-22-51(34)40(55)36(26(3)4)49-42(57)59-44(8,9)10/h15-20,23-26,33-36,47H,11-14,21-22H2,1-10H3,(H,45,52)(H,46,53)(H,48,56)(H,49,57)/t33-,34?,35+,36-/m0/s1. The van der Waals surface area contributed by atoms with E-state index < -0.39 is 47.6 Å². The summed E-state index contributed by atoms with van der Waals surface area (Å²) in [7, 11) is 0. The summed E-state index contributed by atoms with van der Waals surface area (Å²) in [6.45, 7) is 18.7. The van der Waals surface area contributed by atoms with Gasteiger partial charge in [-0.15, -0.1) is 0 Å². The zero-order valence-corrected chi connectivity index (χ0v) is 36.0. The van der Waals surface area contributed by atoms with Crippen LogP contribution in [-0.2, 0) is 28.7 Å². The van der Waals surface area contributed by atoms with E-state index in [4.69, 9.17) is 9.47 Å². The van der Waals surface area contributed by atoms with Crippen molar-refractivity contribution >= 4 is 58.1 Å². The predicted molar refractivity (Wildman–Crippen MR) is 226 cm³/mol. The van der Waals surface area contributed by atoms with Crippen LogP contribution in [0.5, 0.6) is 0 Å². The Balaban J connectivity index is 1.20. The number of nitrogens with zero attached hydrogens (tertiary/aromatic N) is 2. The number of amides is 6. The van der Waals surface area contributed by atoms with E-state index >= 15 is 0 Å². The Labute approximate surface area is 346 Å². The second-order valence-corrected chi connectivity index (χ2v) is 18.2. The number of ether oxygens (including phenoxy) is 2. The van der Waals surface area contributed by atoms with E-state index in [9.17, 15) is 28.8 Å². The first-order valence-corrected chi connectivity index (χ1v) is 20.5. The molecule has 0 bridgehead atoms. The highest BCUT2D eigenvalue weighted by Crippen LogP contribution is 2.29. The third kappa shape index (κ3) is 11.5. The van der Waals surface area contributed by atoms with Crippen molar-refractivity contribution < 1.29 is 38.2 Å². The van der Waals surface area contributed by atoms with Gasteiger partial charge in [0.05, 0.1) is 0 Å². The van der Waals surface area contributed by atoms with Gasteiger partial charge in [0.1, 0.15) is 35.4 Å². The van der Waals surface area contributed by atoms with Crippen molar-refractivity contribution in [1.29, 1.82) is 0 Å². The molecule has 320 valence electrons. The molecular formula is C44H61N7O8. The van der Waals surface area contributed by atoms with E-state index in [2.05, 4.69) is 26.3 Å². The van der Waals surface area contributed by atoms with Crippen LogP contribution >= 0.6 is 0 Å². The fourth-order valence-electron chi connectivity index (χ4n) is 7.41. The number of aromatic amines is 1. The summed E-state index contributed by atoms with van der Waals surface area (Å²) >= 11 is 0. The van der Waals surface area contributed by atoms with Crippen LogP contribution in [0.3, 0.4) is 0 Å². The number of fused-ring (bicyclic) bond motifs is 1. The quantitative estimate of drug-likeness (QED) is 0.140. The Morgan fingerprint density at radius 2 is 1.08 bits per heavy atom. The zero-order chi connectivity index (χ0) is 43.4. The number of carbonyl (C=O) groups is 6. The summed E-state index contributed by atoms with van der Waals surface area (Å²) in [5.74, 6) is -1.68. The fourth-order valence-corrected chi connectivity index (χ4v) is 7.41. The van der Waals surface area contributed by atoms with Gasteiger partial charge in [0, 0.05) is 41.1 Å². The van der Waals surface area contributed by atoms with Crippen molar-refractivity contribution in [3.05, 3.63) is 48.5 Å². The van der Waals surface area contributed by atoms with Gasteiger partial charge in [-0.1, -0.05) is 39.8 Å². The number of carbonyl (C=O) groups excluding carboxylic acids is 6. The Morgan fingerprint density at radius 3 is 1.53 bits per heavy atom. The van der Waals surface area contributed by atoms with Crippen molar-refractivity contribution in [1.82, 2.24) is 25.4 Å². The lowest BCUT2D eigenvalue weighted by molar-refractivity contribution is -0.139. The maximum Gasteiger partial charge on any atom is 0.408 e. The van der Waals surface area contributed by atoms with E-state index in [1.165, 1.54) is 0 Å². The van der Waals surface area contributed by atoms with Crippen molar-refractivity contribution in [2.75, 3.05) is 23.7 Å². The number of nitrogens with one attached hydrogen (secondary N) is 5. The number of likely N-dealkylation sites (tertiary alicyclic amines) is 2. The lowest BCUT2D eigenvalue weighted by atomic mass is 10.0. The van der Waals surface area contributed by atoms with Crippen LogP contribution in [0.15, 0.2) is 48.5 Å². The van der Waals surface area contributed by atoms with Crippen LogP contribution in [-0.4, -0.2) is 99.1 Å². The molecule has 2 fully saturated rings. The largest absolute Gasteiger partial charge is 0.444 e. The zero-order valence-electron chi connectivity index (χ0n) is 36.0.